The van der Waals surface area contributed by atoms with Crippen LogP contribution in [0.4, 0.5) is 16.3 Å². The van der Waals surface area contributed by atoms with E-state index in [2.05, 4.69) is 26.5 Å². The van der Waals surface area contributed by atoms with Crippen LogP contribution in [0.15, 0.2) is 56.7 Å². The first-order valence-corrected chi connectivity index (χ1v) is 13.3. The van der Waals surface area contributed by atoms with E-state index < -0.39 is 25.8 Å². The summed E-state index contributed by atoms with van der Waals surface area (Å²) in [7, 11) is -4.76. The van der Waals surface area contributed by atoms with Crippen LogP contribution in [0.1, 0.15) is 6.92 Å². The van der Waals surface area contributed by atoms with Gasteiger partial charge < -0.3 is 10.0 Å². The molecule has 33 heavy (non-hydrogen) atoms. The van der Waals surface area contributed by atoms with E-state index in [4.69, 9.17) is 5.11 Å². The zero-order valence-electron chi connectivity index (χ0n) is 18.4. The number of amides is 1. The van der Waals surface area contributed by atoms with Crippen LogP contribution in [0, 0.1) is 11.8 Å². The summed E-state index contributed by atoms with van der Waals surface area (Å²) in [5, 5.41) is 10.8. The van der Waals surface area contributed by atoms with Crippen molar-refractivity contribution in [3.63, 3.8) is 0 Å². The number of benzene rings is 1. The molecule has 0 radical (unpaired) electrons. The number of carbonyl (C=O) groups is 1. The van der Waals surface area contributed by atoms with E-state index in [-0.39, 0.29) is 29.8 Å². The van der Waals surface area contributed by atoms with Crippen LogP contribution in [0.3, 0.4) is 0 Å². The largest absolute Gasteiger partial charge is 0.465 e. The molecule has 10 nitrogen and oxygen atoms in total. The van der Waals surface area contributed by atoms with Crippen LogP contribution >= 0.6 is 0 Å². The fourth-order valence-electron chi connectivity index (χ4n) is 3.44. The van der Waals surface area contributed by atoms with Gasteiger partial charge in [0.25, 0.3) is 0 Å². The molecule has 0 aliphatic carbocycles. The lowest BCUT2D eigenvalue weighted by molar-refractivity contribution is 0.209. The monoisotopic (exact) mass is 491 g/mol. The Morgan fingerprint density at radius 2 is 1.82 bits per heavy atom. The number of aromatic nitrogens is 1. The normalized spacial score (nSPS) is 18.5. The number of pyridine rings is 1. The van der Waals surface area contributed by atoms with Gasteiger partial charge in [0, 0.05) is 49.7 Å². The summed E-state index contributed by atoms with van der Waals surface area (Å²) in [6.07, 6.45) is 1.43. The third-order valence-corrected chi connectivity index (χ3v) is 8.91. The van der Waals surface area contributed by atoms with Crippen LogP contribution in [0.25, 0.3) is 0 Å². The van der Waals surface area contributed by atoms with Crippen LogP contribution in [-0.4, -0.2) is 72.1 Å². The lowest BCUT2D eigenvalue weighted by atomic mass is 10.1. The molecule has 12 heteroatoms. The first-order chi connectivity index (χ1) is 15.6. The summed E-state index contributed by atoms with van der Waals surface area (Å²) >= 11 is 0. The van der Waals surface area contributed by atoms with Crippen LogP contribution in [-0.2, 0) is 19.8 Å². The Morgan fingerprint density at radius 3 is 2.36 bits per heavy atom. The van der Waals surface area contributed by atoms with Crippen LogP contribution < -0.4 is 10.2 Å². The number of nitrogens with one attached hydrogen (secondary N) is 1. The Balaban J connectivity index is 1.82. The van der Waals surface area contributed by atoms with E-state index in [9.17, 15) is 17.4 Å². The molecule has 1 aliphatic rings. The van der Waals surface area contributed by atoms with Gasteiger partial charge in [0.2, 0.25) is 10.0 Å². The average molecular weight is 492 g/mol. The van der Waals surface area contributed by atoms with Gasteiger partial charge in [-0.05, 0) is 43.3 Å². The third-order valence-electron chi connectivity index (χ3n) is 5.22. The van der Waals surface area contributed by atoms with Crippen molar-refractivity contribution in [3.05, 3.63) is 42.6 Å². The minimum absolute atomic E-state index is 0.0273. The smallest absolute Gasteiger partial charge is 0.410 e. The fourth-order valence-corrected chi connectivity index (χ4v) is 5.67. The number of hydrogen-bond donors (Lipinski definition) is 2. The summed E-state index contributed by atoms with van der Waals surface area (Å²) in [5.74, 6) is 5.98. The first-order valence-electron chi connectivity index (χ1n) is 9.94. The number of piperazine rings is 1. The van der Waals surface area contributed by atoms with Crippen molar-refractivity contribution in [3.8, 4) is 11.8 Å². The summed E-state index contributed by atoms with van der Waals surface area (Å²) in [6, 6.07) is 9.46. The van der Waals surface area contributed by atoms with Crippen molar-refractivity contribution in [2.45, 2.75) is 22.8 Å². The molecule has 2 N–H and O–H groups in total. The van der Waals surface area contributed by atoms with Gasteiger partial charge >= 0.3 is 6.09 Å². The Hall–Kier alpha value is -3.14. The standard InChI is InChI=1S/C21H25N5O5S2/c1-4-5-17-15-25(33(30,31)19-10-11-20(23-14-19)24-21(27)28)12-13-26(17)16-6-8-18(9-7-16)32(3,29)22-2/h6-11,14,17H,12-13,15H2,1-3H3,(H,23,24)(H,27,28)/t17-,32?/m0/s1. The molecule has 2 atom stereocenters. The minimum atomic E-state index is -3.84. The average Bonchev–Trinajstić information content (AvgIpc) is 2.79. The Labute approximate surface area is 193 Å². The second-order valence-corrected chi connectivity index (χ2v) is 11.6. The highest BCUT2D eigenvalue weighted by atomic mass is 32.2. The molecular weight excluding hydrogens is 466 g/mol. The quantitative estimate of drug-likeness (QED) is 0.613. The highest BCUT2D eigenvalue weighted by Gasteiger charge is 2.34. The molecule has 1 fully saturated rings. The molecule has 1 aromatic heterocycles. The van der Waals surface area contributed by atoms with Gasteiger partial charge in [-0.2, -0.15) is 4.31 Å². The third kappa shape index (κ3) is 5.44. The van der Waals surface area contributed by atoms with Gasteiger partial charge in [-0.1, -0.05) is 5.92 Å². The van der Waals surface area contributed by atoms with Crippen molar-refractivity contribution in [2.24, 2.45) is 4.36 Å². The molecule has 2 aromatic rings. The molecule has 1 unspecified atom stereocenters. The van der Waals surface area contributed by atoms with Crippen molar-refractivity contribution in [1.82, 2.24) is 9.29 Å². The van der Waals surface area contributed by atoms with Crippen molar-refractivity contribution in [2.75, 3.05) is 43.2 Å². The van der Waals surface area contributed by atoms with E-state index >= 15 is 0 Å². The van der Waals surface area contributed by atoms with Crippen molar-refractivity contribution < 1.29 is 22.5 Å². The molecule has 1 saturated heterocycles. The Bertz CT molecular complexity index is 1310. The van der Waals surface area contributed by atoms with E-state index in [0.717, 1.165) is 11.9 Å². The lowest BCUT2D eigenvalue weighted by Gasteiger charge is -2.39. The Kier molecular flexibility index (Phi) is 7.26. The minimum Gasteiger partial charge on any atom is -0.465 e. The van der Waals surface area contributed by atoms with Gasteiger partial charge in [-0.3, -0.25) is 5.32 Å². The van der Waals surface area contributed by atoms with Crippen LogP contribution in [0.5, 0.6) is 0 Å². The molecule has 0 saturated carbocycles. The van der Waals surface area contributed by atoms with Gasteiger partial charge in [-0.25, -0.2) is 26.8 Å². The molecule has 1 aliphatic heterocycles. The zero-order chi connectivity index (χ0) is 24.2. The number of anilines is 2. The van der Waals surface area contributed by atoms with Gasteiger partial charge in [0.05, 0.1) is 9.73 Å². The predicted molar refractivity (Wildman–Crippen MR) is 126 cm³/mol. The summed E-state index contributed by atoms with van der Waals surface area (Å²) in [6.45, 7) is 2.48. The summed E-state index contributed by atoms with van der Waals surface area (Å²) in [5.41, 5.74) is 0.848. The van der Waals surface area contributed by atoms with Crippen molar-refractivity contribution in [1.29, 1.82) is 0 Å². The maximum absolute atomic E-state index is 13.1. The number of hydrogen-bond acceptors (Lipinski definition) is 7. The fraction of sp³-hybridized carbons (Fsp3) is 0.333. The van der Waals surface area contributed by atoms with Crippen molar-refractivity contribution >= 4 is 37.4 Å². The molecular formula is C21H25N5O5S2. The number of sulfonamides is 1. The molecule has 1 amide bonds. The predicted octanol–water partition coefficient (Wildman–Crippen LogP) is 2.16. The molecule has 176 valence electrons. The highest BCUT2D eigenvalue weighted by molar-refractivity contribution is 7.93. The molecule has 0 bridgehead atoms. The number of rotatable bonds is 5. The second-order valence-electron chi connectivity index (χ2n) is 7.25. The maximum atomic E-state index is 13.1. The van der Waals surface area contributed by atoms with Gasteiger partial charge in [-0.15, -0.1) is 5.92 Å². The topological polar surface area (TPSA) is 132 Å². The molecule has 3 rings (SSSR count). The van der Waals surface area contributed by atoms with Gasteiger partial charge in [0.1, 0.15) is 16.8 Å². The van der Waals surface area contributed by atoms with E-state index in [1.807, 2.05) is 17.0 Å². The van der Waals surface area contributed by atoms with Gasteiger partial charge in [0.15, 0.2) is 0 Å². The number of nitrogens with zero attached hydrogens (tertiary/aromatic N) is 4. The van der Waals surface area contributed by atoms with Crippen LogP contribution in [0.2, 0.25) is 0 Å². The summed E-state index contributed by atoms with van der Waals surface area (Å²) < 4.78 is 44.0. The van der Waals surface area contributed by atoms with E-state index in [1.165, 1.54) is 23.5 Å². The van der Waals surface area contributed by atoms with E-state index in [0.29, 0.717) is 11.4 Å². The molecule has 1 aromatic carbocycles. The van der Waals surface area contributed by atoms with E-state index in [1.54, 1.807) is 25.3 Å². The SMILES string of the molecule is CC#C[C@H]1CN(S(=O)(=O)c2ccc(NC(=O)O)nc2)CCN1c1ccc(S(C)(=O)=NC)cc1. The lowest BCUT2D eigenvalue weighted by Crippen LogP contribution is -2.54. The molecule has 2 heterocycles. The highest BCUT2D eigenvalue weighted by Crippen LogP contribution is 2.26. The molecule has 0 spiro atoms. The Morgan fingerprint density at radius 1 is 1.15 bits per heavy atom. The maximum Gasteiger partial charge on any atom is 0.410 e. The number of carboxylic acid groups (broad SMARTS) is 1. The first kappa shape index (κ1) is 24.5. The summed E-state index contributed by atoms with van der Waals surface area (Å²) in [4.78, 5) is 17.2. The zero-order valence-corrected chi connectivity index (χ0v) is 20.1. The second kappa shape index (κ2) is 9.78.